The van der Waals surface area contributed by atoms with Crippen LogP contribution in [0.15, 0.2) is 0 Å². The van der Waals surface area contributed by atoms with E-state index in [-0.39, 0.29) is 18.1 Å². The molecule has 4 heteroatoms. The van der Waals surface area contributed by atoms with E-state index in [1.807, 2.05) is 6.92 Å². The summed E-state index contributed by atoms with van der Waals surface area (Å²) in [5.74, 6) is 0.0943. The highest BCUT2D eigenvalue weighted by atomic mass is 16.3. The van der Waals surface area contributed by atoms with Crippen LogP contribution in [0, 0.1) is 0 Å². The van der Waals surface area contributed by atoms with Crippen molar-refractivity contribution in [3.05, 3.63) is 0 Å². The minimum atomic E-state index is -0.280. The van der Waals surface area contributed by atoms with Gasteiger partial charge in [-0.3, -0.25) is 9.69 Å². The molecule has 2 unspecified atom stereocenters. The Labute approximate surface area is 78.9 Å². The maximum Gasteiger partial charge on any atom is 0.237 e. The van der Waals surface area contributed by atoms with Crippen LogP contribution in [0.25, 0.3) is 0 Å². The molecule has 1 amide bonds. The second-order valence-electron chi connectivity index (χ2n) is 3.64. The lowest BCUT2D eigenvalue weighted by atomic mass is 10.2. The molecule has 1 fully saturated rings. The van der Waals surface area contributed by atoms with Gasteiger partial charge in [-0.05, 0) is 20.3 Å². The van der Waals surface area contributed by atoms with E-state index in [0.29, 0.717) is 0 Å². The molecule has 1 aliphatic heterocycles. The van der Waals surface area contributed by atoms with Crippen molar-refractivity contribution in [2.24, 2.45) is 0 Å². The van der Waals surface area contributed by atoms with E-state index in [1.165, 1.54) is 0 Å². The van der Waals surface area contributed by atoms with Crippen LogP contribution in [0.1, 0.15) is 20.3 Å². The van der Waals surface area contributed by atoms with Gasteiger partial charge in [0, 0.05) is 19.6 Å². The first-order valence-corrected chi connectivity index (χ1v) is 4.81. The predicted octanol–water partition coefficient (Wildman–Crippen LogP) is -0.422. The molecule has 0 aliphatic carbocycles. The number of amides is 1. The van der Waals surface area contributed by atoms with Crippen molar-refractivity contribution >= 4 is 5.91 Å². The fraction of sp³-hybridized carbons (Fsp3) is 0.889. The summed E-state index contributed by atoms with van der Waals surface area (Å²) in [6, 6.07) is -0.0486. The molecule has 0 aromatic rings. The van der Waals surface area contributed by atoms with Crippen LogP contribution >= 0.6 is 0 Å². The molecule has 1 saturated heterocycles. The average molecular weight is 186 g/mol. The van der Waals surface area contributed by atoms with Crippen LogP contribution in [-0.2, 0) is 4.79 Å². The van der Waals surface area contributed by atoms with Crippen LogP contribution in [0.4, 0.5) is 0 Å². The Kier molecular flexibility index (Phi) is 3.69. The topological polar surface area (TPSA) is 52.6 Å². The van der Waals surface area contributed by atoms with Gasteiger partial charge in [0.05, 0.1) is 12.1 Å². The number of aliphatic hydroxyl groups is 1. The molecule has 0 saturated carbocycles. The number of carbonyl (C=O) groups is 1. The van der Waals surface area contributed by atoms with Gasteiger partial charge < -0.3 is 10.4 Å². The molecule has 1 heterocycles. The second-order valence-corrected chi connectivity index (χ2v) is 3.64. The zero-order valence-corrected chi connectivity index (χ0v) is 8.29. The Morgan fingerprint density at radius 2 is 2.46 bits per heavy atom. The maximum absolute atomic E-state index is 11.2. The summed E-state index contributed by atoms with van der Waals surface area (Å²) in [6.45, 7) is 6.08. The summed E-state index contributed by atoms with van der Waals surface area (Å²) >= 11 is 0. The third-order valence-corrected chi connectivity index (χ3v) is 2.46. The summed E-state index contributed by atoms with van der Waals surface area (Å²) in [5, 5.41) is 11.9. The Morgan fingerprint density at radius 3 is 3.08 bits per heavy atom. The molecule has 0 radical (unpaired) electrons. The monoisotopic (exact) mass is 186 g/mol. The highest BCUT2D eigenvalue weighted by Gasteiger charge is 2.24. The summed E-state index contributed by atoms with van der Waals surface area (Å²) < 4.78 is 0. The fourth-order valence-electron chi connectivity index (χ4n) is 1.49. The van der Waals surface area contributed by atoms with Gasteiger partial charge in [0.25, 0.3) is 0 Å². The first kappa shape index (κ1) is 10.5. The van der Waals surface area contributed by atoms with Crippen LogP contribution in [-0.4, -0.2) is 47.7 Å². The summed E-state index contributed by atoms with van der Waals surface area (Å²) in [5.41, 5.74) is 0. The third-order valence-electron chi connectivity index (χ3n) is 2.46. The number of nitrogens with one attached hydrogen (secondary N) is 1. The number of hydrogen-bond donors (Lipinski definition) is 2. The largest absolute Gasteiger partial charge is 0.393 e. The molecule has 0 aromatic carbocycles. The molecular weight excluding hydrogens is 168 g/mol. The first-order chi connectivity index (χ1) is 6.11. The zero-order valence-electron chi connectivity index (χ0n) is 8.29. The Bertz CT molecular complexity index is 182. The van der Waals surface area contributed by atoms with Crippen molar-refractivity contribution in [2.45, 2.75) is 32.4 Å². The van der Waals surface area contributed by atoms with Gasteiger partial charge >= 0.3 is 0 Å². The van der Waals surface area contributed by atoms with Crippen LogP contribution in [0.3, 0.4) is 0 Å². The van der Waals surface area contributed by atoms with Gasteiger partial charge in [-0.15, -0.1) is 0 Å². The molecule has 0 aromatic heterocycles. The van der Waals surface area contributed by atoms with E-state index in [0.717, 1.165) is 26.1 Å². The van der Waals surface area contributed by atoms with E-state index in [9.17, 15) is 4.79 Å². The smallest absolute Gasteiger partial charge is 0.237 e. The van der Waals surface area contributed by atoms with Crippen molar-refractivity contribution in [3.63, 3.8) is 0 Å². The minimum absolute atomic E-state index is 0.0486. The summed E-state index contributed by atoms with van der Waals surface area (Å²) in [4.78, 5) is 13.3. The first-order valence-electron chi connectivity index (χ1n) is 4.81. The molecule has 2 N–H and O–H groups in total. The number of piperazine rings is 1. The number of nitrogens with zero attached hydrogens (tertiary/aromatic N) is 1. The summed E-state index contributed by atoms with van der Waals surface area (Å²) in [7, 11) is 0. The highest BCUT2D eigenvalue weighted by Crippen LogP contribution is 2.05. The van der Waals surface area contributed by atoms with Crippen molar-refractivity contribution < 1.29 is 9.90 Å². The number of carbonyl (C=O) groups excluding carboxylic acids is 1. The lowest BCUT2D eigenvalue weighted by Crippen LogP contribution is -2.54. The highest BCUT2D eigenvalue weighted by molar-refractivity contribution is 5.81. The van der Waals surface area contributed by atoms with Crippen molar-refractivity contribution in [2.75, 3.05) is 19.6 Å². The van der Waals surface area contributed by atoms with E-state index in [4.69, 9.17) is 5.11 Å². The average Bonchev–Trinajstić information content (AvgIpc) is 2.07. The molecule has 13 heavy (non-hydrogen) atoms. The molecule has 1 rings (SSSR count). The molecule has 0 bridgehead atoms. The number of hydrogen-bond acceptors (Lipinski definition) is 3. The lowest BCUT2D eigenvalue weighted by Gasteiger charge is -2.32. The summed E-state index contributed by atoms with van der Waals surface area (Å²) in [6.07, 6.45) is 0.453. The molecule has 2 atom stereocenters. The number of aliphatic hydroxyl groups excluding tert-OH is 1. The van der Waals surface area contributed by atoms with Crippen LogP contribution in [0.5, 0.6) is 0 Å². The number of rotatable bonds is 3. The molecule has 76 valence electrons. The lowest BCUT2D eigenvalue weighted by molar-refractivity contribution is -0.128. The second kappa shape index (κ2) is 4.58. The zero-order chi connectivity index (χ0) is 9.84. The van der Waals surface area contributed by atoms with Crippen LogP contribution < -0.4 is 5.32 Å². The van der Waals surface area contributed by atoms with Gasteiger partial charge in [-0.25, -0.2) is 0 Å². The molecule has 4 nitrogen and oxygen atoms in total. The van der Waals surface area contributed by atoms with E-state index in [2.05, 4.69) is 10.2 Å². The standard InChI is InChI=1S/C9H18N2O2/c1-7(12)3-5-11-6-4-10-9(13)8(11)2/h7-8,12H,3-6H2,1-2H3,(H,10,13). The maximum atomic E-state index is 11.2. The Balaban J connectivity index is 2.35. The fourth-order valence-corrected chi connectivity index (χ4v) is 1.49. The minimum Gasteiger partial charge on any atom is -0.393 e. The normalized spacial score (nSPS) is 27.0. The molecular formula is C9H18N2O2. The Morgan fingerprint density at radius 1 is 1.77 bits per heavy atom. The Hall–Kier alpha value is -0.610. The van der Waals surface area contributed by atoms with Gasteiger partial charge in [-0.1, -0.05) is 0 Å². The SMILES string of the molecule is CC(O)CCN1CCNC(=O)C1C. The van der Waals surface area contributed by atoms with Gasteiger partial charge in [0.2, 0.25) is 5.91 Å². The van der Waals surface area contributed by atoms with Crippen molar-refractivity contribution in [1.29, 1.82) is 0 Å². The van der Waals surface area contributed by atoms with Crippen molar-refractivity contribution in [3.8, 4) is 0 Å². The van der Waals surface area contributed by atoms with E-state index in [1.54, 1.807) is 6.92 Å². The van der Waals surface area contributed by atoms with Gasteiger partial charge in [0.1, 0.15) is 0 Å². The predicted molar refractivity (Wildman–Crippen MR) is 50.3 cm³/mol. The quantitative estimate of drug-likeness (QED) is 0.629. The molecule has 1 aliphatic rings. The van der Waals surface area contributed by atoms with Gasteiger partial charge in [-0.2, -0.15) is 0 Å². The van der Waals surface area contributed by atoms with Gasteiger partial charge in [0.15, 0.2) is 0 Å². The van der Waals surface area contributed by atoms with E-state index >= 15 is 0 Å². The third kappa shape index (κ3) is 2.97. The van der Waals surface area contributed by atoms with Crippen LogP contribution in [0.2, 0.25) is 0 Å². The van der Waals surface area contributed by atoms with E-state index < -0.39 is 0 Å². The van der Waals surface area contributed by atoms with Crippen molar-refractivity contribution in [1.82, 2.24) is 10.2 Å². The molecule has 0 spiro atoms.